The number of anilines is 5. The normalized spacial score (nSPS) is 10.8. The minimum Gasteiger partial charge on any atom is -0.493 e. The Hall–Kier alpha value is -4.51. The largest absolute Gasteiger partial charge is 0.493 e. The minimum atomic E-state index is 0.426. The van der Waals surface area contributed by atoms with Crippen LogP contribution in [-0.2, 0) is 0 Å². The van der Waals surface area contributed by atoms with Crippen molar-refractivity contribution in [2.75, 3.05) is 51.0 Å². The maximum Gasteiger partial charge on any atom is 0.231 e. The summed E-state index contributed by atoms with van der Waals surface area (Å²) in [6.07, 6.45) is 1.75. The summed E-state index contributed by atoms with van der Waals surface area (Å²) in [4.78, 5) is 16.3. The number of benzene rings is 2. The van der Waals surface area contributed by atoms with E-state index < -0.39 is 0 Å². The Morgan fingerprint density at radius 2 is 1.68 bits per heavy atom. The zero-order valence-corrected chi connectivity index (χ0v) is 22.0. The highest BCUT2D eigenvalue weighted by Gasteiger charge is 2.18. The summed E-state index contributed by atoms with van der Waals surface area (Å²) < 4.78 is 18.4. The lowest BCUT2D eigenvalue weighted by molar-refractivity contribution is 0.324. The van der Waals surface area contributed by atoms with E-state index in [0.717, 1.165) is 17.1 Å². The maximum absolute atomic E-state index is 5.52. The molecule has 0 spiro atoms. The van der Waals surface area contributed by atoms with Gasteiger partial charge in [-0.05, 0) is 29.6 Å². The Bertz CT molecular complexity index is 1510. The molecule has 5 rings (SSSR count). The summed E-state index contributed by atoms with van der Waals surface area (Å²) in [7, 11) is 8.73. The molecule has 0 saturated heterocycles. The topological polar surface area (TPSA) is 98.6 Å². The van der Waals surface area contributed by atoms with Gasteiger partial charge in [-0.2, -0.15) is 21.3 Å². The Labute approximate surface area is 218 Å². The number of fused-ring (bicyclic) bond motifs is 1. The van der Waals surface area contributed by atoms with Crippen LogP contribution in [0.25, 0.3) is 16.9 Å². The fraction of sp³-hybridized carbons (Fsp3) is 0.192. The predicted octanol–water partition coefficient (Wildman–Crippen LogP) is 5.46. The molecule has 0 aliphatic carbocycles. The Balaban J connectivity index is 1.61. The van der Waals surface area contributed by atoms with Crippen molar-refractivity contribution < 1.29 is 14.2 Å². The first-order chi connectivity index (χ1) is 18.0. The number of ether oxygens (including phenoxy) is 3. The standard InChI is InChI=1S/C26H27N7O3S/c1-32(2)18-8-6-7-16(11-18)29-26-30-24(22-25(31-26)33(15-27-22)19-9-10-37-14-19)28-17-12-20(34-3)23(36-5)21(13-17)35-4/h6-15H,1-5H3,(H2,28,29,30,31). The second-order valence-corrected chi connectivity index (χ2v) is 9.05. The molecule has 190 valence electrons. The molecular weight excluding hydrogens is 490 g/mol. The molecular formula is C26H27N7O3S. The molecule has 0 amide bonds. The SMILES string of the molecule is COc1cc(Nc2nc(Nc3cccc(N(C)C)c3)nc3c2ncn3-c2ccsc2)cc(OC)c1OC. The zero-order valence-electron chi connectivity index (χ0n) is 21.1. The van der Waals surface area contributed by atoms with Crippen molar-refractivity contribution in [1.29, 1.82) is 0 Å². The van der Waals surface area contributed by atoms with Gasteiger partial charge in [0, 0.05) is 48.7 Å². The van der Waals surface area contributed by atoms with Crippen molar-refractivity contribution in [3.05, 3.63) is 59.6 Å². The average Bonchev–Trinajstić information content (AvgIpc) is 3.58. The summed E-state index contributed by atoms with van der Waals surface area (Å²) in [5.74, 6) is 2.51. The zero-order chi connectivity index (χ0) is 25.9. The number of aromatic nitrogens is 4. The van der Waals surface area contributed by atoms with E-state index in [1.807, 2.05) is 76.8 Å². The van der Waals surface area contributed by atoms with E-state index in [1.54, 1.807) is 39.0 Å². The van der Waals surface area contributed by atoms with Gasteiger partial charge >= 0.3 is 0 Å². The van der Waals surface area contributed by atoms with Gasteiger partial charge in [-0.15, -0.1) is 0 Å². The maximum atomic E-state index is 5.52. The number of rotatable bonds is 9. The minimum absolute atomic E-state index is 0.426. The second-order valence-electron chi connectivity index (χ2n) is 8.27. The van der Waals surface area contributed by atoms with Crippen LogP contribution in [0.2, 0.25) is 0 Å². The third-order valence-corrected chi connectivity index (χ3v) is 6.40. The predicted molar refractivity (Wildman–Crippen MR) is 148 cm³/mol. The number of nitrogens with zero attached hydrogens (tertiary/aromatic N) is 5. The lowest BCUT2D eigenvalue weighted by Crippen LogP contribution is -2.09. The van der Waals surface area contributed by atoms with Crippen LogP contribution in [0.15, 0.2) is 59.6 Å². The number of imidazole rings is 1. The smallest absolute Gasteiger partial charge is 0.231 e. The lowest BCUT2D eigenvalue weighted by atomic mass is 10.2. The first-order valence-corrected chi connectivity index (χ1v) is 12.3. The third kappa shape index (κ3) is 4.81. The van der Waals surface area contributed by atoms with Crippen LogP contribution < -0.4 is 29.7 Å². The summed E-state index contributed by atoms with van der Waals surface area (Å²) in [6, 6.07) is 13.7. The van der Waals surface area contributed by atoms with Crippen molar-refractivity contribution in [1.82, 2.24) is 19.5 Å². The van der Waals surface area contributed by atoms with E-state index in [9.17, 15) is 0 Å². The third-order valence-electron chi connectivity index (χ3n) is 5.73. The van der Waals surface area contributed by atoms with Crippen molar-refractivity contribution >= 4 is 51.3 Å². The van der Waals surface area contributed by atoms with Crippen LogP contribution in [0.1, 0.15) is 0 Å². The highest BCUT2D eigenvalue weighted by atomic mass is 32.1. The van der Waals surface area contributed by atoms with Gasteiger partial charge < -0.3 is 29.7 Å². The molecule has 0 saturated carbocycles. The Kier molecular flexibility index (Phi) is 6.69. The monoisotopic (exact) mass is 517 g/mol. The van der Waals surface area contributed by atoms with E-state index >= 15 is 0 Å². The molecule has 0 aliphatic rings. The average molecular weight is 518 g/mol. The molecule has 3 heterocycles. The first kappa shape index (κ1) is 24.2. The molecule has 3 aromatic heterocycles. The highest BCUT2D eigenvalue weighted by Crippen LogP contribution is 2.41. The number of thiophene rings is 1. The molecule has 0 aliphatic heterocycles. The molecule has 0 fully saturated rings. The molecule has 2 aromatic carbocycles. The van der Waals surface area contributed by atoms with Gasteiger partial charge in [0.15, 0.2) is 28.5 Å². The second kappa shape index (κ2) is 10.2. The molecule has 0 atom stereocenters. The molecule has 0 bridgehead atoms. The van der Waals surface area contributed by atoms with Gasteiger partial charge in [0.1, 0.15) is 6.33 Å². The Morgan fingerprint density at radius 3 is 2.32 bits per heavy atom. The van der Waals surface area contributed by atoms with Crippen molar-refractivity contribution in [2.24, 2.45) is 0 Å². The number of nitrogens with one attached hydrogen (secondary N) is 2. The van der Waals surface area contributed by atoms with E-state index in [0.29, 0.717) is 45.9 Å². The molecule has 5 aromatic rings. The van der Waals surface area contributed by atoms with Gasteiger partial charge in [0.25, 0.3) is 0 Å². The number of hydrogen-bond acceptors (Lipinski definition) is 10. The molecule has 37 heavy (non-hydrogen) atoms. The molecule has 2 N–H and O–H groups in total. The van der Waals surface area contributed by atoms with Crippen LogP contribution >= 0.6 is 11.3 Å². The molecule has 0 unspecified atom stereocenters. The summed E-state index contributed by atoms with van der Waals surface area (Å²) in [5.41, 5.74) is 4.88. The van der Waals surface area contributed by atoms with Gasteiger partial charge in [-0.25, -0.2) is 4.98 Å². The van der Waals surface area contributed by atoms with Crippen LogP contribution in [0.4, 0.5) is 28.8 Å². The van der Waals surface area contributed by atoms with E-state index in [2.05, 4.69) is 15.6 Å². The van der Waals surface area contributed by atoms with Crippen molar-refractivity contribution in [3.63, 3.8) is 0 Å². The van der Waals surface area contributed by atoms with Gasteiger partial charge in [-0.1, -0.05) is 6.07 Å². The van der Waals surface area contributed by atoms with Gasteiger partial charge in [0.05, 0.1) is 27.0 Å². The van der Waals surface area contributed by atoms with Crippen LogP contribution in [0.3, 0.4) is 0 Å². The summed E-state index contributed by atoms with van der Waals surface area (Å²) in [5, 5.41) is 10.8. The van der Waals surface area contributed by atoms with Crippen molar-refractivity contribution in [3.8, 4) is 22.9 Å². The van der Waals surface area contributed by atoms with E-state index in [-0.39, 0.29) is 0 Å². The molecule has 11 heteroatoms. The van der Waals surface area contributed by atoms with Crippen LogP contribution in [-0.4, -0.2) is 54.9 Å². The van der Waals surface area contributed by atoms with E-state index in [4.69, 9.17) is 24.2 Å². The molecule has 10 nitrogen and oxygen atoms in total. The van der Waals surface area contributed by atoms with Gasteiger partial charge in [-0.3, -0.25) is 4.57 Å². The first-order valence-electron chi connectivity index (χ1n) is 11.4. The van der Waals surface area contributed by atoms with E-state index in [1.165, 1.54) is 0 Å². The highest BCUT2D eigenvalue weighted by molar-refractivity contribution is 7.08. The van der Waals surface area contributed by atoms with Crippen LogP contribution in [0, 0.1) is 0 Å². The van der Waals surface area contributed by atoms with Crippen molar-refractivity contribution in [2.45, 2.75) is 0 Å². The number of methoxy groups -OCH3 is 3. The number of hydrogen-bond donors (Lipinski definition) is 2. The molecule has 0 radical (unpaired) electrons. The Morgan fingerprint density at radius 1 is 0.892 bits per heavy atom. The summed E-state index contributed by atoms with van der Waals surface area (Å²) >= 11 is 1.61. The van der Waals surface area contributed by atoms with Gasteiger partial charge in [0.2, 0.25) is 11.7 Å². The van der Waals surface area contributed by atoms with Crippen LogP contribution in [0.5, 0.6) is 17.2 Å². The lowest BCUT2D eigenvalue weighted by Gasteiger charge is -2.16. The fourth-order valence-corrected chi connectivity index (χ4v) is 4.54. The quantitative estimate of drug-likeness (QED) is 0.264. The summed E-state index contributed by atoms with van der Waals surface area (Å²) in [6.45, 7) is 0. The fourth-order valence-electron chi connectivity index (χ4n) is 3.91.